The maximum absolute atomic E-state index is 12.4. The van der Waals surface area contributed by atoms with E-state index in [4.69, 9.17) is 19.3 Å². The molecule has 3 N–H and O–H groups in total. The van der Waals surface area contributed by atoms with Gasteiger partial charge in [-0.2, -0.15) is 0 Å². The molecule has 9 nitrogen and oxygen atoms in total. The van der Waals surface area contributed by atoms with Gasteiger partial charge in [-0.1, -0.05) is 204 Å². The first-order valence-corrected chi connectivity index (χ1v) is 24.6. The first-order valence-electron chi connectivity index (χ1n) is 23.0. The van der Waals surface area contributed by atoms with Gasteiger partial charge in [0.15, 0.2) is 6.10 Å². The van der Waals surface area contributed by atoms with Crippen molar-refractivity contribution in [2.24, 2.45) is 0 Å². The molecule has 0 aliphatic carbocycles. The molecule has 0 aromatic carbocycles. The highest BCUT2D eigenvalue weighted by molar-refractivity contribution is 7.46. The molecule has 0 spiro atoms. The van der Waals surface area contributed by atoms with Crippen molar-refractivity contribution in [1.82, 2.24) is 0 Å². The van der Waals surface area contributed by atoms with E-state index in [9.17, 15) is 19.3 Å². The van der Waals surface area contributed by atoms with Crippen LogP contribution in [0.3, 0.4) is 0 Å². The molecule has 0 aromatic heterocycles. The Balaban J connectivity index is 4.00. The van der Waals surface area contributed by atoms with Crippen LogP contribution >= 0.6 is 7.82 Å². The summed E-state index contributed by atoms with van der Waals surface area (Å²) in [5.74, 6) is -1.08. The third-order valence-corrected chi connectivity index (χ3v) is 10.4. The molecule has 0 amide bonds. The van der Waals surface area contributed by atoms with Crippen LogP contribution in [0.2, 0.25) is 0 Å². The van der Waals surface area contributed by atoms with Gasteiger partial charge in [-0.05, 0) is 44.9 Å². The largest absolute Gasteiger partial charge is 0.469 e. The number of hydrogen-bond acceptors (Lipinski definition) is 7. The number of allylic oxidation sites excluding steroid dienone is 7. The zero-order valence-electron chi connectivity index (χ0n) is 36.3. The van der Waals surface area contributed by atoms with Crippen LogP contribution in [0, 0.1) is 0 Å². The number of carbonyl (C=O) groups excluding carboxylic acids is 2. The number of phosphoric acid groups is 1. The summed E-state index contributed by atoms with van der Waals surface area (Å²) >= 11 is 0. The van der Waals surface area contributed by atoms with E-state index in [0.717, 1.165) is 38.5 Å². The number of phosphoric ester groups is 1. The smallest absolute Gasteiger partial charge is 0.462 e. The van der Waals surface area contributed by atoms with E-state index in [1.165, 1.54) is 128 Å². The highest BCUT2D eigenvalue weighted by Gasteiger charge is 2.23. The molecule has 2 atom stereocenters. The number of rotatable bonds is 42. The Morgan fingerprint density at radius 3 is 1.53 bits per heavy atom. The van der Waals surface area contributed by atoms with Crippen LogP contribution in [0.25, 0.3) is 0 Å². The number of aliphatic hydroxyl groups excluding tert-OH is 1. The van der Waals surface area contributed by atoms with E-state index >= 15 is 0 Å². The molecule has 10 heteroatoms. The molecule has 0 unspecified atom stereocenters. The molecule has 0 bridgehead atoms. The standard InChI is InChI=1S/C47H85O9P/c1-3-5-7-9-11-13-15-17-18-19-20-21-22-23-24-26-28-30-32-34-36-40-46(49)54-42-45(43-55-57(51,52)53)56-47(50)41-37-39-44(48)38-35-33-31-29-27-25-16-14-12-10-8-6-4-2/h12,14,25,27,31,33,35,38,44-45,48H,3-11,13,15-24,26,28-30,32,34,36-37,39-43H2,1-2H3,(H2,51,52,53)/b14-12-,27-25-,33-31-,38-35+/t44-,45+/m0/s1. The van der Waals surface area contributed by atoms with Crippen LogP contribution in [-0.2, 0) is 28.2 Å². The van der Waals surface area contributed by atoms with Crippen LogP contribution in [-0.4, -0.2) is 52.3 Å². The first-order chi connectivity index (χ1) is 27.7. The van der Waals surface area contributed by atoms with Gasteiger partial charge in [0.1, 0.15) is 6.61 Å². The van der Waals surface area contributed by atoms with Crippen LogP contribution in [0.5, 0.6) is 0 Å². The van der Waals surface area contributed by atoms with Crippen molar-refractivity contribution in [3.8, 4) is 0 Å². The topological polar surface area (TPSA) is 140 Å². The van der Waals surface area contributed by atoms with Crippen LogP contribution in [0.15, 0.2) is 48.6 Å². The number of unbranched alkanes of at least 4 members (excludes halogenated alkanes) is 23. The molecule has 0 heterocycles. The second-order valence-corrected chi connectivity index (χ2v) is 16.8. The van der Waals surface area contributed by atoms with Crippen molar-refractivity contribution in [1.29, 1.82) is 0 Å². The molecule has 0 radical (unpaired) electrons. The zero-order valence-corrected chi connectivity index (χ0v) is 37.2. The maximum atomic E-state index is 12.4. The summed E-state index contributed by atoms with van der Waals surface area (Å²) in [6, 6.07) is 0. The van der Waals surface area contributed by atoms with E-state index in [0.29, 0.717) is 19.3 Å². The third kappa shape index (κ3) is 44.9. The molecule has 0 saturated heterocycles. The van der Waals surface area contributed by atoms with Crippen LogP contribution in [0.1, 0.15) is 213 Å². The highest BCUT2D eigenvalue weighted by Crippen LogP contribution is 2.36. The Kier molecular flexibility index (Phi) is 40.6. The summed E-state index contributed by atoms with van der Waals surface area (Å²) in [6.45, 7) is 3.52. The Bertz CT molecular complexity index is 1080. The minimum atomic E-state index is -4.81. The predicted molar refractivity (Wildman–Crippen MR) is 236 cm³/mol. The maximum Gasteiger partial charge on any atom is 0.469 e. The van der Waals surface area contributed by atoms with E-state index in [1.807, 2.05) is 12.2 Å². The quantitative estimate of drug-likeness (QED) is 0.0180. The fourth-order valence-corrected chi connectivity index (χ4v) is 6.84. The van der Waals surface area contributed by atoms with Crippen molar-refractivity contribution in [2.45, 2.75) is 225 Å². The number of esters is 2. The normalized spacial score (nSPS) is 13.4. The minimum absolute atomic E-state index is 0.0155. The van der Waals surface area contributed by atoms with Gasteiger partial charge in [0.2, 0.25) is 0 Å². The molecule has 332 valence electrons. The lowest BCUT2D eigenvalue weighted by Crippen LogP contribution is -2.29. The molecule has 0 aliphatic rings. The number of ether oxygens (including phenoxy) is 2. The molecule has 0 aromatic rings. The Morgan fingerprint density at radius 2 is 1.00 bits per heavy atom. The average molecular weight is 825 g/mol. The van der Waals surface area contributed by atoms with Gasteiger partial charge < -0.3 is 24.4 Å². The summed E-state index contributed by atoms with van der Waals surface area (Å²) in [5.41, 5.74) is 0. The SMILES string of the molecule is CCCCC/C=C\C/C=C\C/C=C\C=C\[C@H](O)CCCC(=O)O[C@H](COC(=O)CCCCCCCCCCCCCCCCCCCCCCC)COP(=O)(O)O. The molecule has 0 fully saturated rings. The van der Waals surface area contributed by atoms with E-state index in [-0.39, 0.29) is 19.4 Å². The Labute approximate surface area is 348 Å². The van der Waals surface area contributed by atoms with Gasteiger partial charge in [0.25, 0.3) is 0 Å². The summed E-state index contributed by atoms with van der Waals surface area (Å²) < 4.78 is 26.3. The zero-order chi connectivity index (χ0) is 41.9. The molecular weight excluding hydrogens is 739 g/mol. The molecular formula is C47H85O9P. The number of carbonyl (C=O) groups is 2. The van der Waals surface area contributed by atoms with Gasteiger partial charge in [-0.25, -0.2) is 4.57 Å². The summed E-state index contributed by atoms with van der Waals surface area (Å²) in [6.07, 6.45) is 48.7. The molecule has 0 rings (SSSR count). The van der Waals surface area contributed by atoms with Gasteiger partial charge >= 0.3 is 19.8 Å². The monoisotopic (exact) mass is 825 g/mol. The van der Waals surface area contributed by atoms with E-state index in [2.05, 4.69) is 42.7 Å². The molecule has 0 aliphatic heterocycles. The fraction of sp³-hybridized carbons (Fsp3) is 0.787. The van der Waals surface area contributed by atoms with Crippen LogP contribution in [0.4, 0.5) is 0 Å². The number of hydrogen-bond donors (Lipinski definition) is 3. The van der Waals surface area contributed by atoms with Gasteiger partial charge in [0.05, 0.1) is 12.7 Å². The summed E-state index contributed by atoms with van der Waals surface area (Å²) in [4.78, 5) is 43.0. The third-order valence-electron chi connectivity index (χ3n) is 9.95. The van der Waals surface area contributed by atoms with E-state index in [1.54, 1.807) is 12.2 Å². The second kappa shape index (κ2) is 42.1. The Morgan fingerprint density at radius 1 is 0.544 bits per heavy atom. The van der Waals surface area contributed by atoms with Crippen molar-refractivity contribution in [3.63, 3.8) is 0 Å². The second-order valence-electron chi connectivity index (χ2n) is 15.6. The van der Waals surface area contributed by atoms with E-state index < -0.39 is 38.6 Å². The highest BCUT2D eigenvalue weighted by atomic mass is 31.2. The lowest BCUT2D eigenvalue weighted by atomic mass is 10.0. The first kappa shape index (κ1) is 55.0. The lowest BCUT2D eigenvalue weighted by molar-refractivity contribution is -0.161. The average Bonchev–Trinajstić information content (AvgIpc) is 3.18. The predicted octanol–water partition coefficient (Wildman–Crippen LogP) is 13.3. The van der Waals surface area contributed by atoms with Gasteiger partial charge in [-0.15, -0.1) is 0 Å². The molecule has 0 saturated carbocycles. The van der Waals surface area contributed by atoms with Crippen molar-refractivity contribution in [2.75, 3.05) is 13.2 Å². The van der Waals surface area contributed by atoms with Gasteiger partial charge in [0, 0.05) is 12.8 Å². The number of aliphatic hydroxyl groups is 1. The van der Waals surface area contributed by atoms with Gasteiger partial charge in [-0.3, -0.25) is 14.1 Å². The summed E-state index contributed by atoms with van der Waals surface area (Å²) in [5, 5.41) is 10.2. The van der Waals surface area contributed by atoms with Crippen molar-refractivity contribution < 1.29 is 43.0 Å². The van der Waals surface area contributed by atoms with Crippen molar-refractivity contribution >= 4 is 19.8 Å². The fourth-order valence-electron chi connectivity index (χ4n) is 6.48. The van der Waals surface area contributed by atoms with Crippen molar-refractivity contribution in [3.05, 3.63) is 48.6 Å². The Hall–Kier alpha value is -2.03. The molecule has 57 heavy (non-hydrogen) atoms. The summed E-state index contributed by atoms with van der Waals surface area (Å²) in [7, 11) is -4.81. The minimum Gasteiger partial charge on any atom is -0.462 e. The van der Waals surface area contributed by atoms with Crippen LogP contribution < -0.4 is 0 Å². The lowest BCUT2D eigenvalue weighted by Gasteiger charge is -2.18.